The summed E-state index contributed by atoms with van der Waals surface area (Å²) < 4.78 is 15.7. The molecule has 3 nitrogen and oxygen atoms in total. The van der Waals surface area contributed by atoms with Crippen molar-refractivity contribution in [2.45, 2.75) is 58.4 Å². The summed E-state index contributed by atoms with van der Waals surface area (Å²) in [6, 6.07) is 6.50. The Bertz CT molecular complexity index is 597. The van der Waals surface area contributed by atoms with Gasteiger partial charge in [-0.3, -0.25) is 5.01 Å². The summed E-state index contributed by atoms with van der Waals surface area (Å²) >= 11 is 0. The van der Waals surface area contributed by atoms with Crippen LogP contribution in [0.2, 0.25) is 18.1 Å². The quantitative estimate of drug-likeness (QED) is 0.822. The van der Waals surface area contributed by atoms with Gasteiger partial charge in [0.05, 0.1) is 11.4 Å². The zero-order valence-corrected chi connectivity index (χ0v) is 16.3. The van der Waals surface area contributed by atoms with Crippen LogP contribution in [0.15, 0.2) is 36.0 Å². The van der Waals surface area contributed by atoms with E-state index in [0.29, 0.717) is 0 Å². The first-order valence-electron chi connectivity index (χ1n) is 8.12. The molecular formula is C18H29FN2OSi. The summed E-state index contributed by atoms with van der Waals surface area (Å²) in [4.78, 5) is 0. The molecule has 0 bridgehead atoms. The fraction of sp³-hybridized carbons (Fsp3) is 0.556. The van der Waals surface area contributed by atoms with Gasteiger partial charge in [0.25, 0.3) is 0 Å². The van der Waals surface area contributed by atoms with Crippen LogP contribution in [0.4, 0.5) is 10.1 Å². The third-order valence-electron chi connectivity index (χ3n) is 5.11. The van der Waals surface area contributed by atoms with Crippen LogP contribution in [-0.4, -0.2) is 30.2 Å². The van der Waals surface area contributed by atoms with Crippen molar-refractivity contribution in [3.05, 3.63) is 41.9 Å². The van der Waals surface area contributed by atoms with Gasteiger partial charge in [-0.05, 0) is 49.2 Å². The van der Waals surface area contributed by atoms with Crippen LogP contribution in [0.25, 0.3) is 0 Å². The molecule has 0 saturated carbocycles. The molecule has 0 saturated heterocycles. The highest BCUT2D eigenvalue weighted by Gasteiger charge is 2.47. The second-order valence-corrected chi connectivity index (χ2v) is 13.5. The summed E-state index contributed by atoms with van der Waals surface area (Å²) in [5.41, 5.74) is 0.793. The molecule has 0 unspecified atom stereocenters. The van der Waals surface area contributed by atoms with Crippen molar-refractivity contribution in [2.24, 2.45) is 0 Å². The standard InChI is InChI=1S/C18H29FN2OSi/c1-17(2,3)23(6,7)20-13-12-16(18(4,5)22)21(20)15-10-8-14(19)9-11-15/h8-12,22H,13H2,1-7H3. The van der Waals surface area contributed by atoms with Gasteiger partial charge in [-0.25, -0.2) is 9.06 Å². The molecule has 128 valence electrons. The minimum Gasteiger partial charge on any atom is -0.384 e. The average molecular weight is 337 g/mol. The second kappa shape index (κ2) is 5.72. The predicted molar refractivity (Wildman–Crippen MR) is 97.2 cm³/mol. The van der Waals surface area contributed by atoms with Crippen LogP contribution in [0.1, 0.15) is 34.6 Å². The number of benzene rings is 1. The Hall–Kier alpha value is -1.17. The monoisotopic (exact) mass is 336 g/mol. The van der Waals surface area contributed by atoms with Gasteiger partial charge in [0.1, 0.15) is 11.4 Å². The molecule has 2 rings (SSSR count). The van der Waals surface area contributed by atoms with E-state index in [-0.39, 0.29) is 10.9 Å². The molecule has 0 amide bonds. The third-order valence-corrected chi connectivity index (χ3v) is 10.4. The largest absolute Gasteiger partial charge is 0.384 e. The third kappa shape index (κ3) is 3.37. The van der Waals surface area contributed by atoms with Gasteiger partial charge >= 0.3 is 0 Å². The molecule has 1 N–H and O–H groups in total. The van der Waals surface area contributed by atoms with Crippen molar-refractivity contribution in [3.63, 3.8) is 0 Å². The number of rotatable bonds is 3. The van der Waals surface area contributed by atoms with Gasteiger partial charge in [0.2, 0.25) is 0 Å². The van der Waals surface area contributed by atoms with Crippen LogP contribution in [0.5, 0.6) is 0 Å². The van der Waals surface area contributed by atoms with Gasteiger partial charge < -0.3 is 5.11 Å². The smallest absolute Gasteiger partial charge is 0.152 e. The Morgan fingerprint density at radius 3 is 2.00 bits per heavy atom. The summed E-state index contributed by atoms with van der Waals surface area (Å²) in [7, 11) is -1.85. The molecule has 0 fully saturated rings. The number of anilines is 1. The highest BCUT2D eigenvalue weighted by Crippen LogP contribution is 2.43. The lowest BCUT2D eigenvalue weighted by molar-refractivity contribution is 0.114. The van der Waals surface area contributed by atoms with E-state index in [1.807, 2.05) is 0 Å². The molecule has 0 radical (unpaired) electrons. The van der Waals surface area contributed by atoms with Crippen molar-refractivity contribution in [2.75, 3.05) is 11.6 Å². The Labute approximate surface area is 140 Å². The topological polar surface area (TPSA) is 26.7 Å². The number of hydrazine groups is 1. The van der Waals surface area contributed by atoms with E-state index in [1.54, 1.807) is 26.0 Å². The molecule has 1 heterocycles. The number of aliphatic hydroxyl groups is 1. The van der Waals surface area contributed by atoms with Gasteiger partial charge in [-0.2, -0.15) is 0 Å². The van der Waals surface area contributed by atoms with Crippen molar-refractivity contribution < 1.29 is 9.50 Å². The Morgan fingerprint density at radius 1 is 1.04 bits per heavy atom. The van der Waals surface area contributed by atoms with E-state index >= 15 is 0 Å². The molecule has 1 aromatic rings. The van der Waals surface area contributed by atoms with E-state index in [4.69, 9.17) is 0 Å². The van der Waals surface area contributed by atoms with Crippen molar-refractivity contribution in [1.29, 1.82) is 0 Å². The number of hydrogen-bond donors (Lipinski definition) is 1. The first kappa shape index (κ1) is 18.2. The lowest BCUT2D eigenvalue weighted by atomic mass is 10.0. The van der Waals surface area contributed by atoms with Gasteiger partial charge in [-0.15, -0.1) is 0 Å². The van der Waals surface area contributed by atoms with E-state index in [2.05, 4.69) is 49.6 Å². The van der Waals surface area contributed by atoms with Gasteiger partial charge in [-0.1, -0.05) is 33.9 Å². The van der Waals surface area contributed by atoms with Crippen LogP contribution in [-0.2, 0) is 0 Å². The zero-order chi connectivity index (χ0) is 17.6. The lowest BCUT2D eigenvalue weighted by Crippen LogP contribution is -2.60. The number of hydrogen-bond acceptors (Lipinski definition) is 3. The lowest BCUT2D eigenvalue weighted by Gasteiger charge is -2.49. The minimum atomic E-state index is -1.85. The molecule has 1 aliphatic heterocycles. The van der Waals surface area contributed by atoms with Crippen molar-refractivity contribution in [1.82, 2.24) is 4.67 Å². The molecule has 0 atom stereocenters. The van der Waals surface area contributed by atoms with Crippen LogP contribution in [0.3, 0.4) is 0 Å². The fourth-order valence-corrected chi connectivity index (χ4v) is 4.75. The van der Waals surface area contributed by atoms with E-state index in [0.717, 1.165) is 17.9 Å². The van der Waals surface area contributed by atoms with E-state index in [1.165, 1.54) is 12.1 Å². The van der Waals surface area contributed by atoms with Crippen LogP contribution >= 0.6 is 0 Å². The van der Waals surface area contributed by atoms with Gasteiger partial charge in [0, 0.05) is 6.54 Å². The predicted octanol–water partition coefficient (Wildman–Crippen LogP) is 4.52. The minimum absolute atomic E-state index is 0.161. The summed E-state index contributed by atoms with van der Waals surface area (Å²) in [5, 5.41) is 12.8. The molecule has 0 spiro atoms. The molecular weight excluding hydrogens is 307 g/mol. The Morgan fingerprint density at radius 2 is 1.57 bits per heavy atom. The summed E-state index contributed by atoms with van der Waals surface area (Å²) in [5.74, 6) is -0.249. The number of halogens is 1. The van der Waals surface area contributed by atoms with Crippen molar-refractivity contribution in [3.8, 4) is 0 Å². The maximum atomic E-state index is 13.3. The van der Waals surface area contributed by atoms with Crippen molar-refractivity contribution >= 4 is 13.9 Å². The first-order valence-corrected chi connectivity index (χ1v) is 11.1. The first-order chi connectivity index (χ1) is 10.4. The molecule has 5 heteroatoms. The average Bonchev–Trinajstić information content (AvgIpc) is 2.83. The zero-order valence-electron chi connectivity index (χ0n) is 15.3. The van der Waals surface area contributed by atoms with E-state index < -0.39 is 13.8 Å². The van der Waals surface area contributed by atoms with E-state index in [9.17, 15) is 9.50 Å². The highest BCUT2D eigenvalue weighted by molar-refractivity contribution is 6.77. The SMILES string of the molecule is CC(C)(O)C1=CCN([Si](C)(C)C(C)(C)C)N1c1ccc(F)cc1. The van der Waals surface area contributed by atoms with Crippen LogP contribution < -0.4 is 5.01 Å². The molecule has 0 aromatic heterocycles. The maximum Gasteiger partial charge on any atom is 0.152 e. The molecule has 23 heavy (non-hydrogen) atoms. The second-order valence-electron chi connectivity index (χ2n) is 8.33. The summed E-state index contributed by atoms with van der Waals surface area (Å²) in [6.45, 7) is 15.8. The summed E-state index contributed by atoms with van der Waals surface area (Å²) in [6.07, 6.45) is 2.09. The highest BCUT2D eigenvalue weighted by atomic mass is 28.3. The molecule has 1 aliphatic rings. The maximum absolute atomic E-state index is 13.3. The number of nitrogens with zero attached hydrogens (tertiary/aromatic N) is 2. The Balaban J connectivity index is 2.51. The Kier molecular flexibility index (Phi) is 4.52. The molecule has 0 aliphatic carbocycles. The molecule has 1 aromatic carbocycles. The normalized spacial score (nSPS) is 17.6. The fourth-order valence-electron chi connectivity index (χ4n) is 2.71. The van der Waals surface area contributed by atoms with Crippen LogP contribution in [0, 0.1) is 5.82 Å². The van der Waals surface area contributed by atoms with Gasteiger partial charge in [0.15, 0.2) is 8.24 Å².